The van der Waals surface area contributed by atoms with Crippen LogP contribution in [-0.2, 0) is 10.4 Å². The highest BCUT2D eigenvalue weighted by Gasteiger charge is 2.26. The van der Waals surface area contributed by atoms with Gasteiger partial charge in [0.05, 0.1) is 12.0 Å². The van der Waals surface area contributed by atoms with Gasteiger partial charge in [0.1, 0.15) is 0 Å². The van der Waals surface area contributed by atoms with Crippen molar-refractivity contribution in [2.24, 2.45) is 0 Å². The predicted molar refractivity (Wildman–Crippen MR) is 83.9 cm³/mol. The van der Waals surface area contributed by atoms with Crippen LogP contribution in [-0.4, -0.2) is 21.0 Å². The third-order valence-corrected chi connectivity index (χ3v) is 3.20. The molecule has 0 aliphatic rings. The zero-order valence-corrected chi connectivity index (χ0v) is 12.9. The second kappa shape index (κ2) is 6.53. The number of hydrogen-bond acceptors (Lipinski definition) is 5. The van der Waals surface area contributed by atoms with Crippen molar-refractivity contribution >= 4 is 11.9 Å². The molecule has 0 saturated carbocycles. The van der Waals surface area contributed by atoms with E-state index in [0.717, 1.165) is 11.4 Å². The molecule has 3 N–H and O–H groups in total. The van der Waals surface area contributed by atoms with E-state index in [2.05, 4.69) is 20.8 Å². The fraction of sp³-hybridized carbons (Fsp3) is 0.312. The molecule has 6 heteroatoms. The number of hydrazine groups is 1. The molecule has 1 aromatic carbocycles. The van der Waals surface area contributed by atoms with Gasteiger partial charge in [0.25, 0.3) is 0 Å². The van der Waals surface area contributed by atoms with Crippen LogP contribution in [0.2, 0.25) is 0 Å². The van der Waals surface area contributed by atoms with Gasteiger partial charge < -0.3 is 5.11 Å². The van der Waals surface area contributed by atoms with Gasteiger partial charge in [-0.15, -0.1) is 0 Å². The number of rotatable bonds is 5. The summed E-state index contributed by atoms with van der Waals surface area (Å²) >= 11 is 0. The molecule has 1 heterocycles. The maximum atomic E-state index is 12.0. The zero-order chi connectivity index (χ0) is 16.2. The summed E-state index contributed by atoms with van der Waals surface area (Å²) in [6.07, 6.45) is -0.0746. The lowest BCUT2D eigenvalue weighted by molar-refractivity contribution is -0.125. The third-order valence-electron chi connectivity index (χ3n) is 3.20. The minimum atomic E-state index is -1.24. The monoisotopic (exact) mass is 300 g/mol. The second-order valence-electron chi connectivity index (χ2n) is 5.46. The summed E-state index contributed by atoms with van der Waals surface area (Å²) in [5.41, 5.74) is 6.23. The third kappa shape index (κ3) is 4.26. The SMILES string of the molecule is Cc1cc(C)nc(NNC(=O)CC(C)(O)c2ccccc2)n1. The van der Waals surface area contributed by atoms with E-state index < -0.39 is 5.60 Å². The molecule has 0 fully saturated rings. The van der Waals surface area contributed by atoms with Gasteiger partial charge >= 0.3 is 0 Å². The molecule has 0 spiro atoms. The molecule has 0 saturated heterocycles. The number of amides is 1. The topological polar surface area (TPSA) is 87.1 Å². The lowest BCUT2D eigenvalue weighted by Gasteiger charge is -2.23. The molecule has 2 rings (SSSR count). The number of hydrogen-bond donors (Lipinski definition) is 3. The number of aromatic nitrogens is 2. The Morgan fingerprint density at radius 3 is 2.36 bits per heavy atom. The maximum absolute atomic E-state index is 12.0. The van der Waals surface area contributed by atoms with E-state index in [0.29, 0.717) is 11.5 Å². The van der Waals surface area contributed by atoms with Crippen molar-refractivity contribution in [3.63, 3.8) is 0 Å². The van der Waals surface area contributed by atoms with Gasteiger partial charge in [-0.3, -0.25) is 15.6 Å². The summed E-state index contributed by atoms with van der Waals surface area (Å²) in [6, 6.07) is 10.9. The molecule has 6 nitrogen and oxygen atoms in total. The maximum Gasteiger partial charge on any atom is 0.242 e. The predicted octanol–water partition coefficient (Wildman–Crippen LogP) is 1.83. The molecule has 0 radical (unpaired) electrons. The summed E-state index contributed by atoms with van der Waals surface area (Å²) in [7, 11) is 0. The molecule has 116 valence electrons. The van der Waals surface area contributed by atoms with Gasteiger partial charge in [-0.05, 0) is 32.4 Å². The molecule has 0 aliphatic heterocycles. The Bertz CT molecular complexity index is 636. The molecule has 0 bridgehead atoms. The van der Waals surface area contributed by atoms with Crippen LogP contribution in [0.3, 0.4) is 0 Å². The van der Waals surface area contributed by atoms with E-state index in [1.54, 1.807) is 19.1 Å². The van der Waals surface area contributed by atoms with Gasteiger partial charge in [-0.25, -0.2) is 9.97 Å². The van der Waals surface area contributed by atoms with Crippen molar-refractivity contribution in [2.75, 3.05) is 5.43 Å². The molecule has 1 aromatic heterocycles. The molecule has 1 atom stereocenters. The zero-order valence-electron chi connectivity index (χ0n) is 12.9. The van der Waals surface area contributed by atoms with Gasteiger partial charge in [0, 0.05) is 11.4 Å². The van der Waals surface area contributed by atoms with Crippen molar-refractivity contribution < 1.29 is 9.90 Å². The Kier molecular flexibility index (Phi) is 4.72. The number of nitrogens with one attached hydrogen (secondary N) is 2. The molecule has 1 amide bonds. The van der Waals surface area contributed by atoms with Crippen LogP contribution in [0.15, 0.2) is 36.4 Å². The lowest BCUT2D eigenvalue weighted by Crippen LogP contribution is -2.36. The van der Waals surface area contributed by atoms with Crippen LogP contribution in [0, 0.1) is 13.8 Å². The van der Waals surface area contributed by atoms with Gasteiger partial charge in [0.2, 0.25) is 11.9 Å². The highest BCUT2D eigenvalue weighted by atomic mass is 16.3. The highest BCUT2D eigenvalue weighted by Crippen LogP contribution is 2.23. The number of nitrogens with zero attached hydrogens (tertiary/aromatic N) is 2. The van der Waals surface area contributed by atoms with E-state index in [-0.39, 0.29) is 12.3 Å². The quantitative estimate of drug-likeness (QED) is 0.733. The van der Waals surface area contributed by atoms with E-state index in [1.807, 2.05) is 38.1 Å². The van der Waals surface area contributed by atoms with Crippen LogP contribution in [0.5, 0.6) is 0 Å². The summed E-state index contributed by atoms with van der Waals surface area (Å²) in [5.74, 6) is -0.0261. The van der Waals surface area contributed by atoms with Crippen molar-refractivity contribution in [2.45, 2.75) is 32.8 Å². The smallest absolute Gasteiger partial charge is 0.242 e. The van der Waals surface area contributed by atoms with E-state index in [4.69, 9.17) is 0 Å². The number of anilines is 1. The first-order valence-electron chi connectivity index (χ1n) is 7.02. The Hall–Kier alpha value is -2.47. The molecular weight excluding hydrogens is 280 g/mol. The standard InChI is InChI=1S/C16H20N4O2/c1-11-9-12(2)18-15(17-11)20-19-14(21)10-16(3,22)13-7-5-4-6-8-13/h4-9,22H,10H2,1-3H3,(H,19,21)(H,17,18,20). The van der Waals surface area contributed by atoms with Crippen LogP contribution < -0.4 is 10.9 Å². The van der Waals surface area contributed by atoms with Crippen molar-refractivity contribution in [1.82, 2.24) is 15.4 Å². The number of benzene rings is 1. The first kappa shape index (κ1) is 15.9. The second-order valence-corrected chi connectivity index (χ2v) is 5.46. The average molecular weight is 300 g/mol. The van der Waals surface area contributed by atoms with Gasteiger partial charge in [-0.1, -0.05) is 30.3 Å². The van der Waals surface area contributed by atoms with Crippen molar-refractivity contribution in [3.05, 3.63) is 53.3 Å². The van der Waals surface area contributed by atoms with Crippen LogP contribution >= 0.6 is 0 Å². The molecular formula is C16H20N4O2. The number of carbonyl (C=O) groups is 1. The van der Waals surface area contributed by atoms with Crippen LogP contribution in [0.4, 0.5) is 5.95 Å². The normalized spacial score (nSPS) is 13.3. The van der Waals surface area contributed by atoms with Crippen LogP contribution in [0.25, 0.3) is 0 Å². The largest absolute Gasteiger partial charge is 0.385 e. The fourth-order valence-corrected chi connectivity index (χ4v) is 2.16. The lowest BCUT2D eigenvalue weighted by atomic mass is 9.92. The summed E-state index contributed by atoms with van der Waals surface area (Å²) in [5, 5.41) is 10.4. The van der Waals surface area contributed by atoms with Gasteiger partial charge in [0.15, 0.2) is 0 Å². The molecule has 0 aliphatic carbocycles. The fourth-order valence-electron chi connectivity index (χ4n) is 2.16. The molecule has 1 unspecified atom stereocenters. The highest BCUT2D eigenvalue weighted by molar-refractivity contribution is 5.78. The van der Waals surface area contributed by atoms with Crippen LogP contribution in [0.1, 0.15) is 30.3 Å². The van der Waals surface area contributed by atoms with E-state index in [9.17, 15) is 9.90 Å². The molecule has 22 heavy (non-hydrogen) atoms. The van der Waals surface area contributed by atoms with E-state index >= 15 is 0 Å². The Labute approximate surface area is 129 Å². The van der Waals surface area contributed by atoms with E-state index in [1.165, 1.54) is 0 Å². The summed E-state index contributed by atoms with van der Waals surface area (Å²) in [6.45, 7) is 5.30. The number of aliphatic hydroxyl groups is 1. The first-order chi connectivity index (χ1) is 10.4. The van der Waals surface area contributed by atoms with Crippen molar-refractivity contribution in [1.29, 1.82) is 0 Å². The number of aryl methyl sites for hydroxylation is 2. The Morgan fingerprint density at radius 1 is 1.18 bits per heavy atom. The Balaban J connectivity index is 1.95. The first-order valence-corrected chi connectivity index (χ1v) is 7.02. The van der Waals surface area contributed by atoms with Gasteiger partial charge in [-0.2, -0.15) is 0 Å². The molecule has 2 aromatic rings. The minimum Gasteiger partial charge on any atom is -0.385 e. The minimum absolute atomic E-state index is 0.0746. The summed E-state index contributed by atoms with van der Waals surface area (Å²) < 4.78 is 0. The van der Waals surface area contributed by atoms with Crippen molar-refractivity contribution in [3.8, 4) is 0 Å². The Morgan fingerprint density at radius 2 is 1.77 bits per heavy atom. The average Bonchev–Trinajstić information content (AvgIpc) is 2.45. The summed E-state index contributed by atoms with van der Waals surface area (Å²) in [4.78, 5) is 20.3. The number of carbonyl (C=O) groups excluding carboxylic acids is 1.